The summed E-state index contributed by atoms with van der Waals surface area (Å²) in [6.07, 6.45) is 1.48. The van der Waals surface area contributed by atoms with Crippen LogP contribution >= 0.6 is 0 Å². The van der Waals surface area contributed by atoms with E-state index in [1.165, 1.54) is 6.08 Å². The number of nitrogens with one attached hydrogen (secondary N) is 1. The third kappa shape index (κ3) is 1.16. The zero-order valence-electron chi connectivity index (χ0n) is 6.32. The Morgan fingerprint density at radius 2 is 1.92 bits per heavy atom. The Balaban J connectivity index is 2.33. The van der Waals surface area contributed by atoms with Gasteiger partial charge >= 0.3 is 0 Å². The number of carbonyl (C=O) groups is 1. The Morgan fingerprint density at radius 1 is 1.17 bits per heavy atom. The van der Waals surface area contributed by atoms with E-state index in [1.54, 1.807) is 0 Å². The van der Waals surface area contributed by atoms with Gasteiger partial charge in [-0.2, -0.15) is 0 Å². The largest absolute Gasteiger partial charge is 0.288 e. The first-order chi connectivity index (χ1) is 5.86. The van der Waals surface area contributed by atoms with Gasteiger partial charge in [0.15, 0.2) is 0 Å². The minimum atomic E-state index is -0.228. The number of hydrogen-bond acceptors (Lipinski definition) is 2. The van der Waals surface area contributed by atoms with E-state index in [-0.39, 0.29) is 5.91 Å². The fraction of sp³-hybridized carbons (Fsp3) is 0. The molecule has 12 heavy (non-hydrogen) atoms. The van der Waals surface area contributed by atoms with Crippen LogP contribution in [0.25, 0.3) is 5.70 Å². The zero-order valence-corrected chi connectivity index (χ0v) is 6.32. The van der Waals surface area contributed by atoms with Crippen LogP contribution in [0.2, 0.25) is 0 Å². The third-order valence-electron chi connectivity index (χ3n) is 1.64. The van der Waals surface area contributed by atoms with Gasteiger partial charge < -0.3 is 0 Å². The Bertz CT molecular complexity index is 330. The van der Waals surface area contributed by atoms with E-state index in [0.29, 0.717) is 0 Å². The molecule has 1 aromatic carbocycles. The SMILES string of the molecule is O=C1C=C(c2ccccc2)N[N]1. The van der Waals surface area contributed by atoms with Crippen molar-refractivity contribution in [3.8, 4) is 0 Å². The average molecular weight is 159 g/mol. The van der Waals surface area contributed by atoms with E-state index in [1.807, 2.05) is 30.3 Å². The highest BCUT2D eigenvalue weighted by molar-refractivity contribution is 5.98. The molecule has 0 saturated carbocycles. The van der Waals surface area contributed by atoms with Crippen LogP contribution < -0.4 is 10.9 Å². The summed E-state index contributed by atoms with van der Waals surface area (Å²) in [6.45, 7) is 0. The summed E-state index contributed by atoms with van der Waals surface area (Å²) in [5, 5.41) is 0. The Hall–Kier alpha value is -1.77. The lowest BCUT2D eigenvalue weighted by molar-refractivity contribution is -0.116. The molecule has 1 amide bonds. The molecule has 0 atom stereocenters. The van der Waals surface area contributed by atoms with Crippen LogP contribution in [0.3, 0.4) is 0 Å². The van der Waals surface area contributed by atoms with Crippen LogP contribution in [-0.4, -0.2) is 5.91 Å². The van der Waals surface area contributed by atoms with Crippen LogP contribution in [0, 0.1) is 0 Å². The third-order valence-corrected chi connectivity index (χ3v) is 1.64. The van der Waals surface area contributed by atoms with Gasteiger partial charge in [-0.05, 0) is 5.56 Å². The number of carbonyl (C=O) groups excluding carboxylic acids is 1. The summed E-state index contributed by atoms with van der Waals surface area (Å²) in [5.74, 6) is -0.228. The standard InChI is InChI=1S/C9H7N2O/c12-9-6-8(10-11-9)7-4-2-1-3-5-7/h1-6,10H. The Labute approximate surface area is 70.1 Å². The van der Waals surface area contributed by atoms with Crippen molar-refractivity contribution in [2.45, 2.75) is 0 Å². The maximum Gasteiger partial charge on any atom is 0.288 e. The predicted molar refractivity (Wildman–Crippen MR) is 44.7 cm³/mol. The van der Waals surface area contributed by atoms with Crippen molar-refractivity contribution >= 4 is 11.6 Å². The van der Waals surface area contributed by atoms with Gasteiger partial charge in [0.2, 0.25) is 0 Å². The molecular weight excluding hydrogens is 152 g/mol. The van der Waals surface area contributed by atoms with Gasteiger partial charge in [0.1, 0.15) is 0 Å². The maximum atomic E-state index is 10.7. The molecule has 0 bridgehead atoms. The van der Waals surface area contributed by atoms with E-state index in [4.69, 9.17) is 0 Å². The number of benzene rings is 1. The second-order valence-electron chi connectivity index (χ2n) is 2.49. The highest BCUT2D eigenvalue weighted by Gasteiger charge is 2.12. The van der Waals surface area contributed by atoms with Crippen molar-refractivity contribution < 1.29 is 4.79 Å². The van der Waals surface area contributed by atoms with Crippen molar-refractivity contribution in [3.63, 3.8) is 0 Å². The first kappa shape index (κ1) is 6.91. The number of hydrogen-bond donors (Lipinski definition) is 1. The van der Waals surface area contributed by atoms with E-state index < -0.39 is 0 Å². The summed E-state index contributed by atoms with van der Waals surface area (Å²) in [4.78, 5) is 10.7. The molecule has 3 heteroatoms. The molecule has 1 heterocycles. The van der Waals surface area contributed by atoms with Crippen molar-refractivity contribution in [1.82, 2.24) is 10.9 Å². The lowest BCUT2D eigenvalue weighted by Gasteiger charge is -1.99. The molecule has 1 aliphatic heterocycles. The van der Waals surface area contributed by atoms with Crippen molar-refractivity contribution in [2.75, 3.05) is 0 Å². The van der Waals surface area contributed by atoms with Crippen molar-refractivity contribution in [3.05, 3.63) is 42.0 Å². The quantitative estimate of drug-likeness (QED) is 0.654. The van der Waals surface area contributed by atoms with Crippen LogP contribution in [-0.2, 0) is 4.79 Å². The maximum absolute atomic E-state index is 10.7. The average Bonchev–Trinajstić information content (AvgIpc) is 2.54. The summed E-state index contributed by atoms with van der Waals surface area (Å²) < 4.78 is 0. The summed E-state index contributed by atoms with van der Waals surface area (Å²) >= 11 is 0. The van der Waals surface area contributed by atoms with Crippen LogP contribution in [0.4, 0.5) is 0 Å². The fourth-order valence-corrected chi connectivity index (χ4v) is 1.07. The molecule has 0 unspecified atom stereocenters. The molecule has 0 aromatic heterocycles. The normalized spacial score (nSPS) is 15.0. The molecule has 2 rings (SSSR count). The highest BCUT2D eigenvalue weighted by Crippen LogP contribution is 2.12. The summed E-state index contributed by atoms with van der Waals surface area (Å²) in [7, 11) is 0. The minimum absolute atomic E-state index is 0.228. The van der Waals surface area contributed by atoms with Gasteiger partial charge in [-0.1, -0.05) is 30.3 Å². The molecule has 0 aliphatic carbocycles. The van der Waals surface area contributed by atoms with E-state index in [9.17, 15) is 4.79 Å². The topological polar surface area (TPSA) is 43.2 Å². The van der Waals surface area contributed by atoms with Gasteiger partial charge in [0, 0.05) is 6.08 Å². The molecule has 1 N–H and O–H groups in total. The summed E-state index contributed by atoms with van der Waals surface area (Å²) in [6, 6.07) is 9.61. The van der Waals surface area contributed by atoms with Gasteiger partial charge in [-0.25, -0.2) is 0 Å². The van der Waals surface area contributed by atoms with E-state index in [0.717, 1.165) is 11.3 Å². The molecule has 1 aromatic rings. The number of rotatable bonds is 1. The lowest BCUT2D eigenvalue weighted by atomic mass is 10.1. The molecule has 59 valence electrons. The molecule has 0 fully saturated rings. The van der Waals surface area contributed by atoms with Gasteiger partial charge in [0.05, 0.1) is 5.70 Å². The van der Waals surface area contributed by atoms with E-state index in [2.05, 4.69) is 10.9 Å². The molecule has 1 radical (unpaired) electrons. The zero-order chi connectivity index (χ0) is 8.39. The Morgan fingerprint density at radius 3 is 2.50 bits per heavy atom. The molecule has 0 spiro atoms. The smallest absolute Gasteiger partial charge is 0.274 e. The monoisotopic (exact) mass is 159 g/mol. The number of amides is 1. The lowest BCUT2D eigenvalue weighted by Crippen LogP contribution is -2.18. The van der Waals surface area contributed by atoms with Crippen molar-refractivity contribution in [1.29, 1.82) is 0 Å². The molecule has 3 nitrogen and oxygen atoms in total. The van der Waals surface area contributed by atoms with Gasteiger partial charge in [-0.15, -0.1) is 5.43 Å². The van der Waals surface area contributed by atoms with E-state index >= 15 is 0 Å². The van der Waals surface area contributed by atoms with Crippen LogP contribution in [0.15, 0.2) is 36.4 Å². The molecule has 1 aliphatic rings. The highest BCUT2D eigenvalue weighted by atomic mass is 16.2. The first-order valence-electron chi connectivity index (χ1n) is 3.64. The van der Waals surface area contributed by atoms with Gasteiger partial charge in [-0.3, -0.25) is 10.2 Å². The summed E-state index contributed by atoms with van der Waals surface area (Å²) in [5.41, 5.74) is 7.91. The van der Waals surface area contributed by atoms with Crippen molar-refractivity contribution in [2.24, 2.45) is 0 Å². The van der Waals surface area contributed by atoms with Crippen LogP contribution in [0.1, 0.15) is 5.56 Å². The second-order valence-corrected chi connectivity index (χ2v) is 2.49. The van der Waals surface area contributed by atoms with Gasteiger partial charge in [0.25, 0.3) is 5.91 Å². The molecule has 0 saturated heterocycles. The fourth-order valence-electron chi connectivity index (χ4n) is 1.07. The molecular formula is C9H7N2O. The Kier molecular flexibility index (Phi) is 1.55. The second kappa shape index (κ2) is 2.70. The van der Waals surface area contributed by atoms with Crippen LogP contribution in [0.5, 0.6) is 0 Å². The predicted octanol–water partition coefficient (Wildman–Crippen LogP) is 0.677. The first-order valence-corrected chi connectivity index (χ1v) is 3.64. The number of nitrogens with zero attached hydrogens (tertiary/aromatic N) is 1. The minimum Gasteiger partial charge on any atom is -0.274 e.